The predicted molar refractivity (Wildman–Crippen MR) is 68.0 cm³/mol. The maximum Gasteiger partial charge on any atom is 0.261 e. The lowest BCUT2D eigenvalue weighted by atomic mass is 10.1. The van der Waals surface area contributed by atoms with E-state index >= 15 is 0 Å². The minimum absolute atomic E-state index is 0.0249. The first-order valence-electron chi connectivity index (χ1n) is 6.35. The van der Waals surface area contributed by atoms with E-state index in [0.29, 0.717) is 17.6 Å². The van der Waals surface area contributed by atoms with Gasteiger partial charge in [0.25, 0.3) is 5.92 Å². The summed E-state index contributed by atoms with van der Waals surface area (Å²) in [4.78, 5) is 5.99. The van der Waals surface area contributed by atoms with Crippen LogP contribution in [0.1, 0.15) is 30.0 Å². The molecule has 2 heterocycles. The summed E-state index contributed by atoms with van der Waals surface area (Å²) in [5.41, 5.74) is 2.00. The summed E-state index contributed by atoms with van der Waals surface area (Å²) in [5.74, 6) is -2.10. The SMILES string of the molecule is COc1nc(Cl)cc2c1C(N1CCC(F)(F)C1)CC2. The number of aryl methyl sites for hydroxylation is 1. The van der Waals surface area contributed by atoms with E-state index in [0.717, 1.165) is 24.0 Å². The average Bonchev–Trinajstić information content (AvgIpc) is 2.91. The van der Waals surface area contributed by atoms with Crippen LogP contribution in [0.5, 0.6) is 5.88 Å². The first-order valence-corrected chi connectivity index (χ1v) is 6.73. The minimum Gasteiger partial charge on any atom is -0.481 e. The lowest BCUT2D eigenvalue weighted by Gasteiger charge is -2.25. The number of nitrogens with zero attached hydrogens (tertiary/aromatic N) is 2. The van der Waals surface area contributed by atoms with Crippen LogP contribution < -0.4 is 4.74 Å². The van der Waals surface area contributed by atoms with Gasteiger partial charge in [-0.05, 0) is 24.5 Å². The zero-order chi connectivity index (χ0) is 13.6. The highest BCUT2D eigenvalue weighted by Gasteiger charge is 2.43. The number of hydrogen-bond donors (Lipinski definition) is 0. The van der Waals surface area contributed by atoms with Gasteiger partial charge in [-0.25, -0.2) is 13.8 Å². The third-order valence-electron chi connectivity index (χ3n) is 3.93. The van der Waals surface area contributed by atoms with E-state index in [-0.39, 0.29) is 19.0 Å². The van der Waals surface area contributed by atoms with Gasteiger partial charge in [0, 0.05) is 24.6 Å². The van der Waals surface area contributed by atoms with E-state index in [9.17, 15) is 8.78 Å². The Morgan fingerprint density at radius 1 is 1.53 bits per heavy atom. The molecule has 1 fully saturated rings. The number of likely N-dealkylation sites (tertiary alicyclic amines) is 1. The van der Waals surface area contributed by atoms with Crippen molar-refractivity contribution in [3.8, 4) is 5.88 Å². The fraction of sp³-hybridized carbons (Fsp3) is 0.615. The highest BCUT2D eigenvalue weighted by molar-refractivity contribution is 6.29. The largest absolute Gasteiger partial charge is 0.481 e. The Morgan fingerprint density at radius 3 is 2.95 bits per heavy atom. The second-order valence-corrected chi connectivity index (χ2v) is 5.55. The van der Waals surface area contributed by atoms with E-state index in [1.807, 2.05) is 11.0 Å². The van der Waals surface area contributed by atoms with Crippen molar-refractivity contribution < 1.29 is 13.5 Å². The second-order valence-electron chi connectivity index (χ2n) is 5.16. The zero-order valence-corrected chi connectivity index (χ0v) is 11.4. The molecule has 0 amide bonds. The molecule has 0 saturated carbocycles. The van der Waals surface area contributed by atoms with E-state index in [1.54, 1.807) is 0 Å². The van der Waals surface area contributed by atoms with Crippen LogP contribution in [-0.4, -0.2) is 36.0 Å². The van der Waals surface area contributed by atoms with E-state index in [1.165, 1.54) is 7.11 Å². The molecule has 0 N–H and O–H groups in total. The molecule has 1 aromatic heterocycles. The molecule has 3 nitrogen and oxygen atoms in total. The number of halogens is 3. The van der Waals surface area contributed by atoms with Crippen LogP contribution in [-0.2, 0) is 6.42 Å². The Labute approximate surface area is 115 Å². The Morgan fingerprint density at radius 2 is 2.32 bits per heavy atom. The molecule has 0 spiro atoms. The molecule has 1 saturated heterocycles. The van der Waals surface area contributed by atoms with Gasteiger partial charge < -0.3 is 4.74 Å². The van der Waals surface area contributed by atoms with E-state index in [2.05, 4.69) is 4.98 Å². The van der Waals surface area contributed by atoms with Crippen molar-refractivity contribution in [1.82, 2.24) is 9.88 Å². The third kappa shape index (κ3) is 2.30. The molecule has 1 aromatic rings. The van der Waals surface area contributed by atoms with E-state index < -0.39 is 5.92 Å². The Balaban J connectivity index is 1.94. The maximum absolute atomic E-state index is 13.4. The highest BCUT2D eigenvalue weighted by atomic mass is 35.5. The lowest BCUT2D eigenvalue weighted by Crippen LogP contribution is -2.28. The van der Waals surface area contributed by atoms with Crippen molar-refractivity contribution in [2.75, 3.05) is 20.2 Å². The van der Waals surface area contributed by atoms with Crippen molar-refractivity contribution >= 4 is 11.6 Å². The fourth-order valence-corrected chi connectivity index (χ4v) is 3.31. The molecule has 6 heteroatoms. The summed E-state index contributed by atoms with van der Waals surface area (Å²) in [6.07, 6.45) is 1.59. The molecule has 0 bridgehead atoms. The minimum atomic E-state index is -2.57. The predicted octanol–water partition coefficient (Wildman–Crippen LogP) is 3.07. The van der Waals surface area contributed by atoms with Crippen LogP contribution in [0.25, 0.3) is 0 Å². The number of aromatic nitrogens is 1. The van der Waals surface area contributed by atoms with Gasteiger partial charge in [-0.3, -0.25) is 4.90 Å². The van der Waals surface area contributed by atoms with Crippen molar-refractivity contribution in [2.45, 2.75) is 31.2 Å². The number of alkyl halides is 2. The summed E-state index contributed by atoms with van der Waals surface area (Å²) in [5, 5.41) is 0.392. The van der Waals surface area contributed by atoms with Crippen LogP contribution in [0.4, 0.5) is 8.78 Å². The summed E-state index contributed by atoms with van der Waals surface area (Å²) >= 11 is 5.94. The number of rotatable bonds is 2. The number of hydrogen-bond acceptors (Lipinski definition) is 3. The molecular formula is C13H15ClF2N2O. The number of ether oxygens (including phenoxy) is 1. The lowest BCUT2D eigenvalue weighted by molar-refractivity contribution is 0.00740. The normalized spacial score (nSPS) is 25.6. The summed E-state index contributed by atoms with van der Waals surface area (Å²) < 4.78 is 32.0. The zero-order valence-electron chi connectivity index (χ0n) is 10.6. The fourth-order valence-electron chi connectivity index (χ4n) is 3.10. The first-order chi connectivity index (χ1) is 9.00. The monoisotopic (exact) mass is 288 g/mol. The molecule has 1 aliphatic heterocycles. The Bertz CT molecular complexity index is 510. The van der Waals surface area contributed by atoms with Crippen LogP contribution in [0.2, 0.25) is 5.15 Å². The Hall–Kier alpha value is -0.940. The molecule has 1 aliphatic carbocycles. The van der Waals surface area contributed by atoms with Gasteiger partial charge in [0.2, 0.25) is 5.88 Å². The number of pyridine rings is 1. The second kappa shape index (κ2) is 4.56. The molecule has 104 valence electrons. The topological polar surface area (TPSA) is 25.4 Å². The van der Waals surface area contributed by atoms with Crippen molar-refractivity contribution in [3.63, 3.8) is 0 Å². The van der Waals surface area contributed by atoms with Gasteiger partial charge in [-0.15, -0.1) is 0 Å². The standard InChI is InChI=1S/C13H15ClF2N2O/c1-19-12-11-8(6-10(14)17-12)2-3-9(11)18-5-4-13(15,16)7-18/h6,9H,2-5,7H2,1H3. The average molecular weight is 289 g/mol. The van der Waals surface area contributed by atoms with Crippen LogP contribution in [0.3, 0.4) is 0 Å². The molecule has 19 heavy (non-hydrogen) atoms. The van der Waals surface area contributed by atoms with Crippen molar-refractivity contribution in [3.05, 3.63) is 22.3 Å². The van der Waals surface area contributed by atoms with Gasteiger partial charge >= 0.3 is 0 Å². The molecule has 1 unspecified atom stereocenters. The summed E-state index contributed by atoms with van der Waals surface area (Å²) in [6.45, 7) is 0.242. The van der Waals surface area contributed by atoms with Gasteiger partial charge in [0.05, 0.1) is 13.7 Å². The van der Waals surface area contributed by atoms with Gasteiger partial charge in [0.15, 0.2) is 0 Å². The van der Waals surface area contributed by atoms with Crippen LogP contribution in [0.15, 0.2) is 6.07 Å². The first kappa shape index (κ1) is 13.1. The van der Waals surface area contributed by atoms with Crippen LogP contribution in [0, 0.1) is 0 Å². The van der Waals surface area contributed by atoms with Crippen molar-refractivity contribution in [2.24, 2.45) is 0 Å². The summed E-state index contributed by atoms with van der Waals surface area (Å²) in [6, 6.07) is 1.79. The van der Waals surface area contributed by atoms with Gasteiger partial charge in [-0.1, -0.05) is 11.6 Å². The number of methoxy groups -OCH3 is 1. The van der Waals surface area contributed by atoms with Gasteiger partial charge in [-0.2, -0.15) is 0 Å². The maximum atomic E-state index is 13.4. The quantitative estimate of drug-likeness (QED) is 0.782. The summed E-state index contributed by atoms with van der Waals surface area (Å²) in [7, 11) is 1.53. The van der Waals surface area contributed by atoms with E-state index in [4.69, 9.17) is 16.3 Å². The molecule has 1 atom stereocenters. The molecular weight excluding hydrogens is 274 g/mol. The number of fused-ring (bicyclic) bond motifs is 1. The smallest absolute Gasteiger partial charge is 0.261 e. The van der Waals surface area contributed by atoms with Gasteiger partial charge in [0.1, 0.15) is 5.15 Å². The van der Waals surface area contributed by atoms with Crippen molar-refractivity contribution in [1.29, 1.82) is 0 Å². The highest BCUT2D eigenvalue weighted by Crippen LogP contribution is 2.44. The molecule has 0 radical (unpaired) electrons. The Kier molecular flexibility index (Phi) is 3.14. The molecule has 0 aromatic carbocycles. The third-order valence-corrected chi connectivity index (χ3v) is 4.13. The molecule has 3 rings (SSSR count). The van der Waals surface area contributed by atoms with Crippen LogP contribution >= 0.6 is 11.6 Å². The molecule has 2 aliphatic rings.